The molecule has 21 heavy (non-hydrogen) atoms. The first-order valence-corrected chi connectivity index (χ1v) is 7.59. The molecule has 0 bridgehead atoms. The van der Waals surface area contributed by atoms with Gasteiger partial charge in [0.25, 0.3) is 0 Å². The standard InChI is InChI=1S/C16H12BrFN2O/c17-9-1-5-12(15(21)7-9)16-19-13-8-10(18)2-6-14(13)20(16)11-3-4-11/h1-2,5-8,11,21H,3-4H2. The summed E-state index contributed by atoms with van der Waals surface area (Å²) in [4.78, 5) is 4.54. The molecule has 0 unspecified atom stereocenters. The number of benzene rings is 2. The molecule has 1 N–H and O–H groups in total. The molecule has 106 valence electrons. The fourth-order valence-electron chi connectivity index (χ4n) is 2.66. The summed E-state index contributed by atoms with van der Waals surface area (Å²) in [5, 5.41) is 10.2. The fraction of sp³-hybridized carbons (Fsp3) is 0.188. The monoisotopic (exact) mass is 346 g/mol. The van der Waals surface area contributed by atoms with Gasteiger partial charge in [-0.15, -0.1) is 0 Å². The van der Waals surface area contributed by atoms with Gasteiger partial charge < -0.3 is 9.67 Å². The summed E-state index contributed by atoms with van der Waals surface area (Å²) in [6, 6.07) is 10.4. The van der Waals surface area contributed by atoms with Crippen molar-refractivity contribution in [3.63, 3.8) is 0 Å². The zero-order valence-corrected chi connectivity index (χ0v) is 12.6. The van der Waals surface area contributed by atoms with Gasteiger partial charge in [0.1, 0.15) is 17.4 Å². The molecular weight excluding hydrogens is 335 g/mol. The Morgan fingerprint density at radius 3 is 2.71 bits per heavy atom. The maximum absolute atomic E-state index is 13.4. The van der Waals surface area contributed by atoms with E-state index in [4.69, 9.17) is 0 Å². The number of rotatable bonds is 2. The van der Waals surface area contributed by atoms with Crippen molar-refractivity contribution in [2.45, 2.75) is 18.9 Å². The smallest absolute Gasteiger partial charge is 0.145 e. The second kappa shape index (κ2) is 4.56. The van der Waals surface area contributed by atoms with Crippen molar-refractivity contribution in [3.05, 3.63) is 46.7 Å². The van der Waals surface area contributed by atoms with Crippen LogP contribution >= 0.6 is 15.9 Å². The second-order valence-corrected chi connectivity index (χ2v) is 6.25. The van der Waals surface area contributed by atoms with Gasteiger partial charge in [-0.05, 0) is 43.2 Å². The summed E-state index contributed by atoms with van der Waals surface area (Å²) in [5.74, 6) is 0.569. The lowest BCUT2D eigenvalue weighted by Crippen LogP contribution is -1.97. The van der Waals surface area contributed by atoms with E-state index in [0.29, 0.717) is 22.9 Å². The summed E-state index contributed by atoms with van der Waals surface area (Å²) in [5.41, 5.74) is 2.21. The predicted molar refractivity (Wildman–Crippen MR) is 82.8 cm³/mol. The Hall–Kier alpha value is -1.88. The van der Waals surface area contributed by atoms with Crippen LogP contribution in [0.1, 0.15) is 18.9 Å². The van der Waals surface area contributed by atoms with E-state index in [-0.39, 0.29) is 11.6 Å². The molecule has 0 aliphatic heterocycles. The van der Waals surface area contributed by atoms with Crippen molar-refractivity contribution >= 4 is 27.0 Å². The molecule has 1 aliphatic carbocycles. The predicted octanol–water partition coefficient (Wildman–Crippen LogP) is 4.65. The Morgan fingerprint density at radius 2 is 2.00 bits per heavy atom. The van der Waals surface area contributed by atoms with Gasteiger partial charge in [-0.3, -0.25) is 0 Å². The Labute approximate surface area is 129 Å². The minimum Gasteiger partial charge on any atom is -0.507 e. The Balaban J connectivity index is 2.01. The molecule has 0 saturated heterocycles. The van der Waals surface area contributed by atoms with Gasteiger partial charge in [0.05, 0.1) is 16.6 Å². The Morgan fingerprint density at radius 1 is 1.19 bits per heavy atom. The second-order valence-electron chi connectivity index (χ2n) is 5.33. The molecule has 2 aromatic carbocycles. The topological polar surface area (TPSA) is 38.1 Å². The van der Waals surface area contributed by atoms with Crippen LogP contribution in [-0.4, -0.2) is 14.7 Å². The van der Waals surface area contributed by atoms with E-state index in [2.05, 4.69) is 25.5 Å². The molecule has 1 aliphatic rings. The van der Waals surface area contributed by atoms with Crippen LogP contribution in [0.25, 0.3) is 22.4 Å². The third-order valence-corrected chi connectivity index (χ3v) is 4.26. The number of phenolic OH excluding ortho intramolecular Hbond substituents is 1. The highest BCUT2D eigenvalue weighted by molar-refractivity contribution is 9.10. The molecular formula is C16H12BrFN2O. The molecule has 3 nitrogen and oxygen atoms in total. The first kappa shape index (κ1) is 12.8. The van der Waals surface area contributed by atoms with E-state index < -0.39 is 0 Å². The third kappa shape index (κ3) is 2.12. The molecule has 0 amide bonds. The van der Waals surface area contributed by atoms with Gasteiger partial charge in [-0.25, -0.2) is 9.37 Å². The van der Waals surface area contributed by atoms with Gasteiger partial charge >= 0.3 is 0 Å². The maximum Gasteiger partial charge on any atom is 0.145 e. The van der Waals surface area contributed by atoms with Gasteiger partial charge in [-0.2, -0.15) is 0 Å². The van der Waals surface area contributed by atoms with E-state index >= 15 is 0 Å². The lowest BCUT2D eigenvalue weighted by molar-refractivity contribution is 0.476. The molecule has 0 spiro atoms. The van der Waals surface area contributed by atoms with E-state index in [1.165, 1.54) is 12.1 Å². The van der Waals surface area contributed by atoms with Gasteiger partial charge in [0, 0.05) is 16.6 Å². The van der Waals surface area contributed by atoms with Crippen molar-refractivity contribution in [2.24, 2.45) is 0 Å². The number of hydrogen-bond acceptors (Lipinski definition) is 2. The molecule has 1 fully saturated rings. The van der Waals surface area contributed by atoms with Crippen LogP contribution in [0.4, 0.5) is 4.39 Å². The number of halogens is 2. The van der Waals surface area contributed by atoms with Crippen molar-refractivity contribution in [1.82, 2.24) is 9.55 Å². The minimum atomic E-state index is -0.297. The zero-order valence-electron chi connectivity index (χ0n) is 11.1. The number of nitrogens with zero attached hydrogens (tertiary/aromatic N) is 2. The van der Waals surface area contributed by atoms with Crippen molar-refractivity contribution in [3.8, 4) is 17.1 Å². The molecule has 0 radical (unpaired) electrons. The molecule has 1 saturated carbocycles. The molecule has 4 rings (SSSR count). The number of hydrogen-bond donors (Lipinski definition) is 1. The highest BCUT2D eigenvalue weighted by atomic mass is 79.9. The average Bonchev–Trinajstić information content (AvgIpc) is 3.20. The van der Waals surface area contributed by atoms with E-state index in [9.17, 15) is 9.50 Å². The number of aromatic hydroxyl groups is 1. The van der Waals surface area contributed by atoms with Crippen LogP contribution in [0.15, 0.2) is 40.9 Å². The first-order chi connectivity index (χ1) is 10.1. The van der Waals surface area contributed by atoms with Crippen LogP contribution in [0.5, 0.6) is 5.75 Å². The molecule has 3 aromatic rings. The Bertz CT molecular complexity index is 855. The normalized spacial score (nSPS) is 14.8. The molecule has 0 atom stereocenters. The van der Waals surface area contributed by atoms with Gasteiger partial charge in [0.15, 0.2) is 0 Å². The highest BCUT2D eigenvalue weighted by Gasteiger charge is 2.29. The summed E-state index contributed by atoms with van der Waals surface area (Å²) >= 11 is 3.34. The van der Waals surface area contributed by atoms with Crippen LogP contribution in [0.3, 0.4) is 0 Å². The number of aromatic nitrogens is 2. The van der Waals surface area contributed by atoms with Crippen LogP contribution < -0.4 is 0 Å². The first-order valence-electron chi connectivity index (χ1n) is 6.80. The lowest BCUT2D eigenvalue weighted by atomic mass is 10.2. The van der Waals surface area contributed by atoms with Crippen molar-refractivity contribution in [1.29, 1.82) is 0 Å². The maximum atomic E-state index is 13.4. The fourth-order valence-corrected chi connectivity index (χ4v) is 3.01. The van der Waals surface area contributed by atoms with Gasteiger partial charge in [-0.1, -0.05) is 15.9 Å². The summed E-state index contributed by atoms with van der Waals surface area (Å²) < 4.78 is 16.3. The van der Waals surface area contributed by atoms with Crippen LogP contribution in [0.2, 0.25) is 0 Å². The van der Waals surface area contributed by atoms with Crippen LogP contribution in [-0.2, 0) is 0 Å². The van der Waals surface area contributed by atoms with Crippen LogP contribution in [0, 0.1) is 5.82 Å². The number of phenols is 1. The third-order valence-electron chi connectivity index (χ3n) is 3.76. The Kier molecular flexibility index (Phi) is 2.79. The minimum absolute atomic E-state index is 0.169. The zero-order chi connectivity index (χ0) is 14.6. The highest BCUT2D eigenvalue weighted by Crippen LogP contribution is 2.43. The quantitative estimate of drug-likeness (QED) is 0.733. The van der Waals surface area contributed by atoms with E-state index in [0.717, 1.165) is 22.8 Å². The summed E-state index contributed by atoms with van der Waals surface area (Å²) in [6.07, 6.45) is 2.18. The molecule has 1 aromatic heterocycles. The SMILES string of the molecule is Oc1cc(Br)ccc1-c1nc2cc(F)ccc2n1C1CC1. The lowest BCUT2D eigenvalue weighted by Gasteiger charge is -2.09. The largest absolute Gasteiger partial charge is 0.507 e. The molecule has 1 heterocycles. The summed E-state index contributed by atoms with van der Waals surface area (Å²) in [7, 11) is 0. The van der Waals surface area contributed by atoms with E-state index in [1.54, 1.807) is 12.1 Å². The number of imidazole rings is 1. The average molecular weight is 347 g/mol. The molecule has 5 heteroatoms. The van der Waals surface area contributed by atoms with E-state index in [1.807, 2.05) is 12.1 Å². The van der Waals surface area contributed by atoms with Gasteiger partial charge in [0.2, 0.25) is 0 Å². The van der Waals surface area contributed by atoms with Crippen molar-refractivity contribution < 1.29 is 9.50 Å². The van der Waals surface area contributed by atoms with Crippen molar-refractivity contribution in [2.75, 3.05) is 0 Å². The number of fused-ring (bicyclic) bond motifs is 1. The summed E-state index contributed by atoms with van der Waals surface area (Å²) in [6.45, 7) is 0.